The van der Waals surface area contributed by atoms with Gasteiger partial charge in [-0.2, -0.15) is 4.98 Å². The lowest BCUT2D eigenvalue weighted by atomic mass is 10.2. The second-order valence-corrected chi connectivity index (χ2v) is 6.42. The summed E-state index contributed by atoms with van der Waals surface area (Å²) in [5, 5.41) is 10.1. The van der Waals surface area contributed by atoms with E-state index in [0.717, 1.165) is 28.3 Å². The smallest absolute Gasteiger partial charge is 0.229 e. The van der Waals surface area contributed by atoms with Crippen LogP contribution in [0.15, 0.2) is 36.7 Å². The molecule has 0 atom stereocenters. The third kappa shape index (κ3) is 3.86. The maximum atomic E-state index is 6.29. The zero-order chi connectivity index (χ0) is 18.7. The van der Waals surface area contributed by atoms with Crippen LogP contribution in [0.2, 0.25) is 5.02 Å². The molecule has 26 heavy (non-hydrogen) atoms. The molecule has 0 spiro atoms. The van der Waals surface area contributed by atoms with Gasteiger partial charge in [0.15, 0.2) is 5.82 Å². The van der Waals surface area contributed by atoms with E-state index in [1.807, 2.05) is 46.0 Å². The van der Waals surface area contributed by atoms with Crippen LogP contribution in [0.5, 0.6) is 0 Å². The summed E-state index contributed by atoms with van der Waals surface area (Å²) in [7, 11) is 1.88. The lowest BCUT2D eigenvalue weighted by Gasteiger charge is -2.14. The second kappa shape index (κ2) is 7.58. The summed E-state index contributed by atoms with van der Waals surface area (Å²) in [4.78, 5) is 13.1. The van der Waals surface area contributed by atoms with E-state index in [0.29, 0.717) is 16.8 Å². The number of aryl methyl sites for hydroxylation is 2. The number of halogens is 1. The van der Waals surface area contributed by atoms with Crippen molar-refractivity contribution in [2.45, 2.75) is 20.8 Å². The number of pyridine rings is 1. The quantitative estimate of drug-likeness (QED) is 0.589. The van der Waals surface area contributed by atoms with Crippen LogP contribution >= 0.6 is 11.6 Å². The third-order valence-corrected chi connectivity index (χ3v) is 4.42. The van der Waals surface area contributed by atoms with Crippen LogP contribution < -0.4 is 16.0 Å². The zero-order valence-electron chi connectivity index (χ0n) is 15.2. The summed E-state index contributed by atoms with van der Waals surface area (Å²) in [6, 6.07) is 7.97. The maximum absolute atomic E-state index is 6.29. The van der Waals surface area contributed by atoms with Crippen molar-refractivity contribution in [2.24, 2.45) is 0 Å². The van der Waals surface area contributed by atoms with Crippen molar-refractivity contribution in [2.75, 3.05) is 23.0 Å². The zero-order valence-corrected chi connectivity index (χ0v) is 15.9. The molecule has 1 aromatic carbocycles. The van der Waals surface area contributed by atoms with Gasteiger partial charge in [0.1, 0.15) is 5.02 Å². The molecule has 6 nitrogen and oxygen atoms in total. The predicted octanol–water partition coefficient (Wildman–Crippen LogP) is 4.98. The van der Waals surface area contributed by atoms with Gasteiger partial charge in [-0.05, 0) is 50.1 Å². The molecule has 0 aliphatic rings. The largest absolute Gasteiger partial charge is 0.386 e. The van der Waals surface area contributed by atoms with Crippen molar-refractivity contribution in [1.82, 2.24) is 15.0 Å². The van der Waals surface area contributed by atoms with Crippen molar-refractivity contribution in [3.05, 3.63) is 58.5 Å². The van der Waals surface area contributed by atoms with Gasteiger partial charge >= 0.3 is 0 Å². The summed E-state index contributed by atoms with van der Waals surface area (Å²) < 4.78 is 0. The average molecular weight is 369 g/mol. The van der Waals surface area contributed by atoms with Crippen LogP contribution in [-0.4, -0.2) is 22.0 Å². The van der Waals surface area contributed by atoms with E-state index >= 15 is 0 Å². The molecule has 134 valence electrons. The fourth-order valence-corrected chi connectivity index (χ4v) is 2.65. The summed E-state index contributed by atoms with van der Waals surface area (Å²) in [5.74, 6) is 0.997. The Kier molecular flexibility index (Phi) is 5.23. The van der Waals surface area contributed by atoms with Crippen molar-refractivity contribution >= 4 is 40.4 Å². The molecule has 0 amide bonds. The fourth-order valence-electron chi connectivity index (χ4n) is 2.51. The van der Waals surface area contributed by atoms with Crippen LogP contribution in [0.1, 0.15) is 16.8 Å². The molecule has 0 saturated heterocycles. The number of benzene rings is 1. The van der Waals surface area contributed by atoms with Crippen LogP contribution in [0.25, 0.3) is 0 Å². The Labute approximate surface area is 158 Å². The SMILES string of the molecule is CNc1cc(C)ccc1Nc1nc(Nc2ccnc(C)c2C)ncc1Cl. The van der Waals surface area contributed by atoms with Gasteiger partial charge in [0.2, 0.25) is 5.95 Å². The topological polar surface area (TPSA) is 74.8 Å². The lowest BCUT2D eigenvalue weighted by Crippen LogP contribution is -2.04. The summed E-state index contributed by atoms with van der Waals surface area (Å²) in [6.07, 6.45) is 3.33. The molecule has 3 aromatic rings. The Morgan fingerprint density at radius 2 is 1.73 bits per heavy atom. The van der Waals surface area contributed by atoms with Crippen molar-refractivity contribution in [3.8, 4) is 0 Å². The van der Waals surface area contributed by atoms with Gasteiger partial charge < -0.3 is 16.0 Å². The van der Waals surface area contributed by atoms with Crippen molar-refractivity contribution < 1.29 is 0 Å². The first-order valence-electron chi connectivity index (χ1n) is 8.25. The van der Waals surface area contributed by atoms with Gasteiger partial charge in [0.05, 0.1) is 17.6 Å². The van der Waals surface area contributed by atoms with E-state index in [-0.39, 0.29) is 0 Å². The van der Waals surface area contributed by atoms with Gasteiger partial charge in [-0.1, -0.05) is 17.7 Å². The molecule has 0 bridgehead atoms. The molecule has 0 radical (unpaired) electrons. The van der Waals surface area contributed by atoms with Crippen LogP contribution in [0.4, 0.5) is 28.8 Å². The highest BCUT2D eigenvalue weighted by Gasteiger charge is 2.10. The molecule has 0 fully saturated rings. The molecule has 2 heterocycles. The second-order valence-electron chi connectivity index (χ2n) is 6.01. The molecule has 7 heteroatoms. The van der Waals surface area contributed by atoms with Crippen molar-refractivity contribution in [3.63, 3.8) is 0 Å². The highest BCUT2D eigenvalue weighted by atomic mass is 35.5. The molecule has 0 unspecified atom stereocenters. The Morgan fingerprint density at radius 3 is 2.50 bits per heavy atom. The van der Waals surface area contributed by atoms with E-state index in [1.165, 1.54) is 5.56 Å². The molecule has 2 aromatic heterocycles. The number of anilines is 5. The normalized spacial score (nSPS) is 10.5. The van der Waals surface area contributed by atoms with Crippen molar-refractivity contribution in [1.29, 1.82) is 0 Å². The number of rotatable bonds is 5. The van der Waals surface area contributed by atoms with Gasteiger partial charge in [-0.3, -0.25) is 4.98 Å². The highest BCUT2D eigenvalue weighted by Crippen LogP contribution is 2.30. The van der Waals surface area contributed by atoms with E-state index in [2.05, 4.69) is 37.0 Å². The Hall–Kier alpha value is -2.86. The molecule has 3 N–H and O–H groups in total. The number of hydrogen-bond acceptors (Lipinski definition) is 6. The average Bonchev–Trinajstić information content (AvgIpc) is 2.63. The van der Waals surface area contributed by atoms with Gasteiger partial charge in [-0.15, -0.1) is 0 Å². The van der Waals surface area contributed by atoms with Crippen LogP contribution in [0, 0.1) is 20.8 Å². The molecule has 3 rings (SSSR count). The predicted molar refractivity (Wildman–Crippen MR) is 108 cm³/mol. The molecule has 0 aliphatic carbocycles. The first-order chi connectivity index (χ1) is 12.5. The molecular weight excluding hydrogens is 348 g/mol. The maximum Gasteiger partial charge on any atom is 0.229 e. The first kappa shape index (κ1) is 17.9. The monoisotopic (exact) mass is 368 g/mol. The Bertz CT molecular complexity index is 941. The number of hydrogen-bond donors (Lipinski definition) is 3. The lowest BCUT2D eigenvalue weighted by molar-refractivity contribution is 1.13. The number of aromatic nitrogens is 3. The van der Waals surface area contributed by atoms with Crippen LogP contribution in [-0.2, 0) is 0 Å². The van der Waals surface area contributed by atoms with E-state index in [4.69, 9.17) is 11.6 Å². The van der Waals surface area contributed by atoms with E-state index in [9.17, 15) is 0 Å². The Morgan fingerprint density at radius 1 is 0.923 bits per heavy atom. The minimum Gasteiger partial charge on any atom is -0.386 e. The first-order valence-corrected chi connectivity index (χ1v) is 8.63. The molecule has 0 aliphatic heterocycles. The molecular formula is C19H21ClN6. The Balaban J connectivity index is 1.90. The van der Waals surface area contributed by atoms with E-state index in [1.54, 1.807) is 12.4 Å². The highest BCUT2D eigenvalue weighted by molar-refractivity contribution is 6.33. The van der Waals surface area contributed by atoms with E-state index < -0.39 is 0 Å². The van der Waals surface area contributed by atoms with Crippen LogP contribution in [0.3, 0.4) is 0 Å². The number of nitrogens with one attached hydrogen (secondary N) is 3. The summed E-state index contributed by atoms with van der Waals surface area (Å²) in [5.41, 5.74) is 5.95. The third-order valence-electron chi connectivity index (χ3n) is 4.14. The summed E-state index contributed by atoms with van der Waals surface area (Å²) >= 11 is 6.29. The van der Waals surface area contributed by atoms with Gasteiger partial charge in [-0.25, -0.2) is 4.98 Å². The minimum absolute atomic E-state index is 0.445. The number of nitrogens with zero attached hydrogens (tertiary/aromatic N) is 3. The van der Waals surface area contributed by atoms with Gasteiger partial charge in [0, 0.05) is 24.6 Å². The van der Waals surface area contributed by atoms with Gasteiger partial charge in [0.25, 0.3) is 0 Å². The molecule has 0 saturated carbocycles. The fraction of sp³-hybridized carbons (Fsp3) is 0.211. The minimum atomic E-state index is 0.445. The summed E-state index contributed by atoms with van der Waals surface area (Å²) in [6.45, 7) is 6.02. The standard InChI is InChI=1S/C19H21ClN6/c1-11-5-6-16(17(9-11)21-4)24-18-14(20)10-23-19(26-18)25-15-7-8-22-13(3)12(15)2/h5-10,21H,1-4H3,(H2,22,23,24,25,26).